The maximum absolute atomic E-state index is 11.0. The van der Waals surface area contributed by atoms with Gasteiger partial charge in [0.25, 0.3) is 0 Å². The Balaban J connectivity index is 0.00000128. The number of nitrogens with one attached hydrogen (secondary N) is 1. The minimum absolute atomic E-state index is 0. The van der Waals surface area contributed by atoms with Crippen LogP contribution in [0.1, 0.15) is 19.3 Å². The van der Waals surface area contributed by atoms with Crippen LogP contribution in [-0.4, -0.2) is 32.3 Å². The van der Waals surface area contributed by atoms with Crippen LogP contribution in [0, 0.1) is 17.8 Å². The Kier molecular flexibility index (Phi) is 7.03. The molecule has 0 aromatic heterocycles. The first-order valence-corrected chi connectivity index (χ1v) is 5.78. The Bertz CT molecular complexity index is 231. The number of carbonyl (C=O) groups excluding carboxylic acids is 1. The van der Waals surface area contributed by atoms with Crippen LogP contribution in [-0.2, 0) is 9.53 Å². The number of piperidine rings is 1. The van der Waals surface area contributed by atoms with Crippen molar-refractivity contribution in [2.75, 3.05) is 26.3 Å². The van der Waals surface area contributed by atoms with Crippen molar-refractivity contribution in [1.29, 1.82) is 0 Å². The van der Waals surface area contributed by atoms with Gasteiger partial charge in [-0.2, -0.15) is 0 Å². The van der Waals surface area contributed by atoms with Gasteiger partial charge in [0.15, 0.2) is 0 Å². The van der Waals surface area contributed by atoms with E-state index in [0.717, 1.165) is 32.4 Å². The Labute approximate surface area is 139 Å². The average molecular weight is 251 g/mol. The fourth-order valence-corrected chi connectivity index (χ4v) is 2.83. The number of carboxylic acids is 1. The van der Waals surface area contributed by atoms with E-state index in [1.807, 2.05) is 0 Å². The largest absolute Gasteiger partial charge is 1.00 e. The summed E-state index contributed by atoms with van der Waals surface area (Å²) in [6, 6.07) is 0. The molecule has 4 nitrogen and oxygen atoms in total. The van der Waals surface area contributed by atoms with Crippen LogP contribution in [0.2, 0.25) is 0 Å². The molecule has 0 amide bonds. The van der Waals surface area contributed by atoms with Crippen molar-refractivity contribution in [2.45, 2.75) is 19.3 Å². The van der Waals surface area contributed by atoms with Gasteiger partial charge in [0.2, 0.25) is 0 Å². The molecular weight excluding hydrogens is 233 g/mol. The molecule has 2 rings (SSSR count). The maximum Gasteiger partial charge on any atom is 1.00 e. The normalized spacial score (nSPS) is 31.8. The maximum atomic E-state index is 11.0. The fraction of sp³-hybridized carbons (Fsp3) is 0.909. The number of rotatable bonds is 2. The standard InChI is InChI=1S/C11H19NO3.K/c13-11(14)10-7-15-6-3-9(10)8-1-4-12-5-2-8;/h8-10,12H,1-7H2,(H,13,14);/q;+1/p-1/t9-,10-;/m1./s1. The molecule has 1 N–H and O–H groups in total. The summed E-state index contributed by atoms with van der Waals surface area (Å²) in [7, 11) is 0. The van der Waals surface area contributed by atoms with Gasteiger partial charge in [-0.05, 0) is 44.2 Å². The molecule has 0 saturated carbocycles. The molecule has 0 aliphatic carbocycles. The summed E-state index contributed by atoms with van der Waals surface area (Å²) in [5, 5.41) is 14.3. The zero-order valence-corrected chi connectivity index (χ0v) is 13.0. The summed E-state index contributed by atoms with van der Waals surface area (Å²) in [4.78, 5) is 11.0. The van der Waals surface area contributed by atoms with Crippen LogP contribution in [0.4, 0.5) is 0 Å². The van der Waals surface area contributed by atoms with Gasteiger partial charge < -0.3 is 20.0 Å². The molecule has 0 aromatic rings. The van der Waals surface area contributed by atoms with E-state index in [4.69, 9.17) is 4.74 Å². The van der Waals surface area contributed by atoms with Crippen molar-refractivity contribution >= 4 is 5.97 Å². The summed E-state index contributed by atoms with van der Waals surface area (Å²) >= 11 is 0. The van der Waals surface area contributed by atoms with Gasteiger partial charge in [-0.3, -0.25) is 0 Å². The van der Waals surface area contributed by atoms with Gasteiger partial charge >= 0.3 is 51.4 Å². The van der Waals surface area contributed by atoms with Crippen LogP contribution in [0.15, 0.2) is 0 Å². The summed E-state index contributed by atoms with van der Waals surface area (Å²) in [5.41, 5.74) is 0. The van der Waals surface area contributed by atoms with E-state index in [1.165, 1.54) is 0 Å². The molecule has 0 bridgehead atoms. The smallest absolute Gasteiger partial charge is 0.550 e. The van der Waals surface area contributed by atoms with Crippen molar-refractivity contribution in [2.24, 2.45) is 17.8 Å². The van der Waals surface area contributed by atoms with E-state index in [9.17, 15) is 9.90 Å². The van der Waals surface area contributed by atoms with Crippen LogP contribution >= 0.6 is 0 Å². The zero-order valence-electron chi connectivity index (χ0n) is 9.91. The van der Waals surface area contributed by atoms with E-state index in [0.29, 0.717) is 19.1 Å². The van der Waals surface area contributed by atoms with Crippen molar-refractivity contribution < 1.29 is 66.0 Å². The minimum Gasteiger partial charge on any atom is -0.550 e. The van der Waals surface area contributed by atoms with Gasteiger partial charge in [-0.1, -0.05) is 0 Å². The second-order valence-corrected chi connectivity index (χ2v) is 4.54. The molecule has 2 aliphatic rings. The molecule has 0 unspecified atom stereocenters. The van der Waals surface area contributed by atoms with Crippen molar-refractivity contribution in [1.82, 2.24) is 5.32 Å². The number of carboxylic acid groups (broad SMARTS) is 1. The van der Waals surface area contributed by atoms with Crippen molar-refractivity contribution in [3.63, 3.8) is 0 Å². The second kappa shape index (κ2) is 7.46. The number of ether oxygens (including phenoxy) is 1. The monoisotopic (exact) mass is 251 g/mol. The van der Waals surface area contributed by atoms with Gasteiger partial charge in [0.1, 0.15) is 0 Å². The fourth-order valence-electron chi connectivity index (χ4n) is 2.83. The molecule has 2 aliphatic heterocycles. The summed E-state index contributed by atoms with van der Waals surface area (Å²) in [6.45, 7) is 3.08. The third-order valence-corrected chi connectivity index (χ3v) is 3.70. The first-order valence-electron chi connectivity index (χ1n) is 5.78. The van der Waals surface area contributed by atoms with Crippen molar-refractivity contribution in [3.8, 4) is 0 Å². The molecule has 2 atom stereocenters. The van der Waals surface area contributed by atoms with Gasteiger partial charge in [0, 0.05) is 18.5 Å². The van der Waals surface area contributed by atoms with Gasteiger partial charge in [-0.15, -0.1) is 0 Å². The summed E-state index contributed by atoms with van der Waals surface area (Å²) in [5.74, 6) is -0.510. The SMILES string of the molecule is O=C([O-])[C@@H]1COCC[C@@H]1C1CCNCC1.[K+]. The Morgan fingerprint density at radius 2 is 1.94 bits per heavy atom. The molecular formula is C11H18KNO3. The Morgan fingerprint density at radius 1 is 1.25 bits per heavy atom. The van der Waals surface area contributed by atoms with E-state index >= 15 is 0 Å². The predicted molar refractivity (Wildman–Crippen MR) is 53.0 cm³/mol. The number of carbonyl (C=O) groups is 1. The third-order valence-electron chi connectivity index (χ3n) is 3.70. The molecule has 0 radical (unpaired) electrons. The van der Waals surface area contributed by atoms with E-state index in [-0.39, 0.29) is 63.2 Å². The molecule has 5 heteroatoms. The van der Waals surface area contributed by atoms with Crippen LogP contribution in [0.5, 0.6) is 0 Å². The number of hydrogen-bond acceptors (Lipinski definition) is 4. The van der Waals surface area contributed by atoms with E-state index in [2.05, 4.69) is 5.32 Å². The summed E-state index contributed by atoms with van der Waals surface area (Å²) in [6.07, 6.45) is 3.06. The molecule has 0 aromatic carbocycles. The predicted octanol–water partition coefficient (Wildman–Crippen LogP) is -3.61. The quantitative estimate of drug-likeness (QED) is 0.515. The molecule has 2 heterocycles. The molecule has 0 spiro atoms. The second-order valence-electron chi connectivity index (χ2n) is 4.54. The van der Waals surface area contributed by atoms with Crippen LogP contribution < -0.4 is 61.8 Å². The minimum atomic E-state index is -0.932. The Morgan fingerprint density at radius 3 is 2.56 bits per heavy atom. The van der Waals surface area contributed by atoms with Gasteiger partial charge in [-0.25, -0.2) is 0 Å². The topological polar surface area (TPSA) is 61.4 Å². The molecule has 2 fully saturated rings. The first kappa shape index (κ1) is 15.1. The van der Waals surface area contributed by atoms with E-state index < -0.39 is 5.97 Å². The van der Waals surface area contributed by atoms with Crippen LogP contribution in [0.3, 0.4) is 0 Å². The number of aliphatic carboxylic acids is 1. The third kappa shape index (κ3) is 3.76. The summed E-state index contributed by atoms with van der Waals surface area (Å²) < 4.78 is 5.23. The van der Waals surface area contributed by atoms with E-state index in [1.54, 1.807) is 0 Å². The Hall–Kier alpha value is 1.03. The number of hydrogen-bond donors (Lipinski definition) is 1. The zero-order chi connectivity index (χ0) is 10.7. The molecule has 86 valence electrons. The van der Waals surface area contributed by atoms with Crippen molar-refractivity contribution in [3.05, 3.63) is 0 Å². The molecule has 2 saturated heterocycles. The van der Waals surface area contributed by atoms with Crippen LogP contribution in [0.25, 0.3) is 0 Å². The molecule has 16 heavy (non-hydrogen) atoms. The first-order chi connectivity index (χ1) is 7.29. The van der Waals surface area contributed by atoms with Gasteiger partial charge in [0.05, 0.1) is 6.61 Å². The average Bonchev–Trinajstić information content (AvgIpc) is 2.30.